The molecular formula is C21H24N4O4. The lowest BCUT2D eigenvalue weighted by Crippen LogP contribution is -2.50. The van der Waals surface area contributed by atoms with E-state index in [1.165, 1.54) is 10.9 Å². The molecular weight excluding hydrogens is 372 g/mol. The Balaban J connectivity index is 1.45. The fourth-order valence-electron chi connectivity index (χ4n) is 3.72. The van der Waals surface area contributed by atoms with E-state index in [0.717, 1.165) is 17.0 Å². The highest BCUT2D eigenvalue weighted by atomic mass is 16.5. The number of furan rings is 1. The summed E-state index contributed by atoms with van der Waals surface area (Å²) in [5.74, 6) is 1.40. The molecule has 1 aromatic carbocycles. The van der Waals surface area contributed by atoms with Crippen molar-refractivity contribution in [3.63, 3.8) is 0 Å². The summed E-state index contributed by atoms with van der Waals surface area (Å²) in [6, 6.07) is 7.87. The lowest BCUT2D eigenvalue weighted by Gasteiger charge is -2.36. The summed E-state index contributed by atoms with van der Waals surface area (Å²) >= 11 is 0. The second-order valence-electron chi connectivity index (χ2n) is 7.18. The summed E-state index contributed by atoms with van der Waals surface area (Å²) in [5.41, 5.74) is 1.87. The van der Waals surface area contributed by atoms with Gasteiger partial charge in [0.15, 0.2) is 0 Å². The van der Waals surface area contributed by atoms with Crippen LogP contribution in [0.5, 0.6) is 5.75 Å². The summed E-state index contributed by atoms with van der Waals surface area (Å²) in [5, 5.41) is 0.443. The molecule has 1 aliphatic rings. The zero-order valence-corrected chi connectivity index (χ0v) is 16.8. The van der Waals surface area contributed by atoms with Crippen LogP contribution in [-0.4, -0.2) is 53.6 Å². The minimum absolute atomic E-state index is 0.0277. The van der Waals surface area contributed by atoms with Gasteiger partial charge in [-0.25, -0.2) is 4.98 Å². The molecule has 2 aromatic heterocycles. The zero-order chi connectivity index (χ0) is 20.5. The van der Waals surface area contributed by atoms with Gasteiger partial charge in [-0.1, -0.05) is 12.1 Å². The van der Waals surface area contributed by atoms with Crippen LogP contribution in [0.25, 0.3) is 11.1 Å². The van der Waals surface area contributed by atoms with E-state index in [2.05, 4.69) is 9.88 Å². The second kappa shape index (κ2) is 7.62. The maximum Gasteiger partial charge on any atom is 0.265 e. The molecule has 0 spiro atoms. The number of para-hydroxylation sites is 2. The van der Waals surface area contributed by atoms with Crippen molar-refractivity contribution in [1.82, 2.24) is 14.5 Å². The lowest BCUT2D eigenvalue weighted by molar-refractivity contribution is -0.132. The van der Waals surface area contributed by atoms with Crippen molar-refractivity contribution in [2.45, 2.75) is 20.4 Å². The number of benzene rings is 1. The number of carbonyl (C=O) groups excluding carboxylic acids is 1. The minimum Gasteiger partial charge on any atom is -0.495 e. The van der Waals surface area contributed by atoms with Crippen LogP contribution in [-0.2, 0) is 11.3 Å². The van der Waals surface area contributed by atoms with Gasteiger partial charge in [0.25, 0.3) is 5.56 Å². The van der Waals surface area contributed by atoms with Crippen LogP contribution in [0.4, 0.5) is 5.69 Å². The molecule has 0 radical (unpaired) electrons. The van der Waals surface area contributed by atoms with Crippen molar-refractivity contribution < 1.29 is 13.9 Å². The first-order chi connectivity index (χ1) is 14.0. The number of hydrogen-bond donors (Lipinski definition) is 0. The summed E-state index contributed by atoms with van der Waals surface area (Å²) in [6.07, 6.45) is 1.38. The number of methoxy groups -OCH3 is 1. The average Bonchev–Trinajstić information content (AvgIpc) is 3.04. The number of nitrogens with zero attached hydrogens (tertiary/aromatic N) is 4. The van der Waals surface area contributed by atoms with Crippen LogP contribution >= 0.6 is 0 Å². The normalized spacial score (nSPS) is 14.4. The Hall–Kier alpha value is -3.29. The summed E-state index contributed by atoms with van der Waals surface area (Å²) in [4.78, 5) is 33.7. The Morgan fingerprint density at radius 1 is 1.17 bits per heavy atom. The highest BCUT2D eigenvalue weighted by Crippen LogP contribution is 2.28. The first-order valence-electron chi connectivity index (χ1n) is 9.60. The Morgan fingerprint density at radius 2 is 1.90 bits per heavy atom. The van der Waals surface area contributed by atoms with Crippen molar-refractivity contribution >= 4 is 22.7 Å². The van der Waals surface area contributed by atoms with Crippen LogP contribution < -0.4 is 15.2 Å². The van der Waals surface area contributed by atoms with Gasteiger partial charge in [-0.2, -0.15) is 0 Å². The quantitative estimate of drug-likeness (QED) is 0.671. The fraction of sp³-hybridized carbons (Fsp3) is 0.381. The third kappa shape index (κ3) is 3.46. The highest BCUT2D eigenvalue weighted by Gasteiger charge is 2.24. The van der Waals surface area contributed by atoms with Gasteiger partial charge < -0.3 is 19.0 Å². The van der Waals surface area contributed by atoms with E-state index in [0.29, 0.717) is 43.0 Å². The van der Waals surface area contributed by atoms with Crippen LogP contribution in [0.15, 0.2) is 39.8 Å². The third-order valence-electron chi connectivity index (χ3n) is 5.52. The maximum absolute atomic E-state index is 12.8. The number of aromatic nitrogens is 2. The lowest BCUT2D eigenvalue weighted by atomic mass is 10.2. The Morgan fingerprint density at radius 3 is 2.62 bits per heavy atom. The Bertz CT molecular complexity index is 1110. The van der Waals surface area contributed by atoms with Gasteiger partial charge in [0, 0.05) is 31.7 Å². The van der Waals surface area contributed by atoms with E-state index >= 15 is 0 Å². The molecule has 3 aromatic rings. The summed E-state index contributed by atoms with van der Waals surface area (Å²) in [7, 11) is 1.66. The zero-order valence-electron chi connectivity index (χ0n) is 16.8. The molecule has 3 heterocycles. The molecule has 1 amide bonds. The molecule has 1 fully saturated rings. The average molecular weight is 396 g/mol. The third-order valence-corrected chi connectivity index (χ3v) is 5.52. The smallest absolute Gasteiger partial charge is 0.265 e. The minimum atomic E-state index is -0.245. The van der Waals surface area contributed by atoms with Crippen LogP contribution in [0.1, 0.15) is 11.3 Å². The molecule has 0 saturated carbocycles. The first kappa shape index (κ1) is 19.0. The molecule has 152 valence electrons. The summed E-state index contributed by atoms with van der Waals surface area (Å²) < 4.78 is 12.3. The molecule has 4 rings (SSSR count). The van der Waals surface area contributed by atoms with Gasteiger partial charge in [-0.05, 0) is 26.0 Å². The second-order valence-corrected chi connectivity index (χ2v) is 7.18. The number of ether oxygens (including phenoxy) is 1. The number of piperazine rings is 1. The molecule has 8 nitrogen and oxygen atoms in total. The number of hydrogen-bond acceptors (Lipinski definition) is 6. The molecule has 8 heteroatoms. The van der Waals surface area contributed by atoms with Crippen LogP contribution in [0.3, 0.4) is 0 Å². The molecule has 1 aliphatic heterocycles. The number of carbonyl (C=O) groups is 1. The van der Waals surface area contributed by atoms with E-state index in [1.807, 2.05) is 31.2 Å². The highest BCUT2D eigenvalue weighted by molar-refractivity contribution is 5.79. The van der Waals surface area contributed by atoms with Crippen molar-refractivity contribution in [2.75, 3.05) is 38.2 Å². The van der Waals surface area contributed by atoms with E-state index < -0.39 is 0 Å². The number of rotatable bonds is 4. The summed E-state index contributed by atoms with van der Waals surface area (Å²) in [6.45, 7) is 6.19. The molecule has 0 bridgehead atoms. The molecule has 0 aliphatic carbocycles. The molecule has 29 heavy (non-hydrogen) atoms. The Labute approximate surface area is 168 Å². The predicted molar refractivity (Wildman–Crippen MR) is 110 cm³/mol. The fourth-order valence-corrected chi connectivity index (χ4v) is 3.72. The van der Waals surface area contributed by atoms with E-state index in [9.17, 15) is 9.59 Å². The maximum atomic E-state index is 12.8. The van der Waals surface area contributed by atoms with Gasteiger partial charge in [-0.15, -0.1) is 0 Å². The molecule has 1 saturated heterocycles. The van der Waals surface area contributed by atoms with Crippen LogP contribution in [0.2, 0.25) is 0 Å². The van der Waals surface area contributed by atoms with Gasteiger partial charge >= 0.3 is 0 Å². The van der Waals surface area contributed by atoms with Crippen molar-refractivity contribution in [3.05, 3.63) is 52.3 Å². The largest absolute Gasteiger partial charge is 0.495 e. The van der Waals surface area contributed by atoms with Crippen molar-refractivity contribution in [3.8, 4) is 5.75 Å². The van der Waals surface area contributed by atoms with E-state index in [-0.39, 0.29) is 18.0 Å². The number of fused-ring (bicyclic) bond motifs is 1. The van der Waals surface area contributed by atoms with Gasteiger partial charge in [0.1, 0.15) is 29.8 Å². The van der Waals surface area contributed by atoms with Crippen LogP contribution in [0, 0.1) is 13.8 Å². The molecule has 0 unspecified atom stereocenters. The van der Waals surface area contributed by atoms with E-state index in [4.69, 9.17) is 9.15 Å². The SMILES string of the molecule is COc1ccccc1N1CCN(C(=O)Cn2cnc3oc(C)c(C)c3c2=O)CC1. The van der Waals surface area contributed by atoms with Gasteiger partial charge in [0.2, 0.25) is 11.6 Å². The standard InChI is InChI=1S/C21H24N4O4/c1-14-15(2)29-20-19(14)21(27)25(13-22-20)12-18(26)24-10-8-23(9-11-24)16-6-4-5-7-17(16)28-3/h4-7,13H,8-12H2,1-3H3. The van der Waals surface area contributed by atoms with Gasteiger partial charge in [0.05, 0.1) is 12.8 Å². The predicted octanol–water partition coefficient (Wildman–Crippen LogP) is 1.96. The molecule has 0 atom stereocenters. The van der Waals surface area contributed by atoms with Crippen molar-refractivity contribution in [1.29, 1.82) is 0 Å². The number of aryl methyl sites for hydroxylation is 2. The molecule has 0 N–H and O–H groups in total. The number of anilines is 1. The monoisotopic (exact) mass is 396 g/mol. The van der Waals surface area contributed by atoms with Gasteiger partial charge in [-0.3, -0.25) is 14.2 Å². The topological polar surface area (TPSA) is 80.8 Å². The van der Waals surface area contributed by atoms with E-state index in [1.54, 1.807) is 18.9 Å². The Kier molecular flexibility index (Phi) is 5.00. The number of amides is 1. The first-order valence-corrected chi connectivity index (χ1v) is 9.60. The van der Waals surface area contributed by atoms with Crippen molar-refractivity contribution in [2.24, 2.45) is 0 Å².